The number of amides is 2. The molecule has 0 spiro atoms. The van der Waals surface area contributed by atoms with Crippen molar-refractivity contribution in [2.45, 2.75) is 43.9 Å². The fourth-order valence-electron chi connectivity index (χ4n) is 2.88. The zero-order valence-electron chi connectivity index (χ0n) is 11.7. The summed E-state index contributed by atoms with van der Waals surface area (Å²) >= 11 is 0. The molecule has 21 heavy (non-hydrogen) atoms. The van der Waals surface area contributed by atoms with Crippen molar-refractivity contribution in [3.8, 4) is 0 Å². The first-order valence-electron chi connectivity index (χ1n) is 7.24. The van der Waals surface area contributed by atoms with E-state index in [9.17, 15) is 19.5 Å². The van der Waals surface area contributed by atoms with Crippen molar-refractivity contribution in [3.63, 3.8) is 0 Å². The van der Waals surface area contributed by atoms with Crippen LogP contribution in [0.25, 0.3) is 0 Å². The minimum atomic E-state index is -0.808. The molecule has 0 aromatic heterocycles. The summed E-state index contributed by atoms with van der Waals surface area (Å²) in [7, 11) is 0. The second-order valence-electron chi connectivity index (χ2n) is 5.76. The van der Waals surface area contributed by atoms with Crippen LogP contribution in [0.3, 0.4) is 0 Å². The van der Waals surface area contributed by atoms with Crippen molar-refractivity contribution in [2.75, 3.05) is 4.90 Å². The molecule has 1 aliphatic carbocycles. The third kappa shape index (κ3) is 2.33. The standard InChI is InChI=1S/C16H17NO4/c18-13-3-1-2-4-14(19)17(13)12-7-5-11(6-8-12)16(9-10-16)15(20)21/h5-8H,1-4,9-10H2,(H,20,21). The van der Waals surface area contributed by atoms with E-state index in [0.717, 1.165) is 18.4 Å². The Labute approximate surface area is 122 Å². The molecule has 3 rings (SSSR count). The number of hydrogen-bond donors (Lipinski definition) is 1. The first-order chi connectivity index (χ1) is 10.0. The second kappa shape index (κ2) is 4.98. The van der Waals surface area contributed by atoms with Gasteiger partial charge in [-0.3, -0.25) is 19.3 Å². The lowest BCUT2D eigenvalue weighted by Gasteiger charge is -2.19. The number of carboxylic acids is 1. The molecule has 5 nitrogen and oxygen atoms in total. The Balaban J connectivity index is 1.88. The monoisotopic (exact) mass is 287 g/mol. The average Bonchev–Trinajstić information content (AvgIpc) is 3.26. The van der Waals surface area contributed by atoms with Crippen LogP contribution in [-0.2, 0) is 19.8 Å². The lowest BCUT2D eigenvalue weighted by Crippen LogP contribution is -2.35. The van der Waals surface area contributed by atoms with E-state index in [2.05, 4.69) is 0 Å². The molecule has 1 saturated heterocycles. The summed E-state index contributed by atoms with van der Waals surface area (Å²) in [4.78, 5) is 36.6. The van der Waals surface area contributed by atoms with E-state index in [1.807, 2.05) is 0 Å². The third-order valence-corrected chi connectivity index (χ3v) is 4.37. The van der Waals surface area contributed by atoms with Crippen molar-refractivity contribution < 1.29 is 19.5 Å². The van der Waals surface area contributed by atoms with Gasteiger partial charge < -0.3 is 5.11 Å². The fourth-order valence-corrected chi connectivity index (χ4v) is 2.88. The maximum absolute atomic E-state index is 12.0. The van der Waals surface area contributed by atoms with Crippen LogP contribution < -0.4 is 4.90 Å². The Morgan fingerprint density at radius 1 is 1.00 bits per heavy atom. The molecular formula is C16H17NO4. The van der Waals surface area contributed by atoms with Gasteiger partial charge in [-0.1, -0.05) is 12.1 Å². The van der Waals surface area contributed by atoms with Gasteiger partial charge in [-0.25, -0.2) is 0 Å². The predicted octanol–water partition coefficient (Wildman–Crippen LogP) is 2.24. The maximum Gasteiger partial charge on any atom is 0.314 e. The number of anilines is 1. The van der Waals surface area contributed by atoms with Crippen molar-refractivity contribution in [3.05, 3.63) is 29.8 Å². The van der Waals surface area contributed by atoms with E-state index in [1.165, 1.54) is 4.90 Å². The van der Waals surface area contributed by atoms with E-state index in [-0.39, 0.29) is 11.8 Å². The summed E-state index contributed by atoms with van der Waals surface area (Å²) in [5.41, 5.74) is 0.524. The summed E-state index contributed by atoms with van der Waals surface area (Å²) in [6.45, 7) is 0. The first kappa shape index (κ1) is 13.8. The molecule has 2 aliphatic rings. The quantitative estimate of drug-likeness (QED) is 0.865. The van der Waals surface area contributed by atoms with Gasteiger partial charge in [0.05, 0.1) is 11.1 Å². The highest BCUT2D eigenvalue weighted by Gasteiger charge is 2.51. The Morgan fingerprint density at radius 2 is 1.52 bits per heavy atom. The number of aliphatic carboxylic acids is 1. The molecule has 110 valence electrons. The van der Waals surface area contributed by atoms with Crippen molar-refractivity contribution in [1.29, 1.82) is 0 Å². The van der Waals surface area contributed by atoms with Gasteiger partial charge in [0.25, 0.3) is 0 Å². The largest absolute Gasteiger partial charge is 0.481 e. The molecule has 0 atom stereocenters. The van der Waals surface area contributed by atoms with Crippen LogP contribution in [0.5, 0.6) is 0 Å². The minimum Gasteiger partial charge on any atom is -0.481 e. The van der Waals surface area contributed by atoms with Gasteiger partial charge in [0.2, 0.25) is 11.8 Å². The molecule has 1 saturated carbocycles. The fraction of sp³-hybridized carbons (Fsp3) is 0.438. The Hall–Kier alpha value is -2.17. The Bertz CT molecular complexity index is 583. The number of carbonyl (C=O) groups is 3. The molecule has 5 heteroatoms. The number of benzene rings is 1. The van der Waals surface area contributed by atoms with Crippen LogP contribution in [0, 0.1) is 0 Å². The number of carbonyl (C=O) groups excluding carboxylic acids is 2. The van der Waals surface area contributed by atoms with E-state index >= 15 is 0 Å². The summed E-state index contributed by atoms with van der Waals surface area (Å²) in [5, 5.41) is 9.28. The maximum atomic E-state index is 12.0. The molecular weight excluding hydrogens is 270 g/mol. The van der Waals surface area contributed by atoms with Crippen LogP contribution in [-0.4, -0.2) is 22.9 Å². The summed E-state index contributed by atoms with van der Waals surface area (Å²) < 4.78 is 0. The molecule has 0 bridgehead atoms. The van der Waals surface area contributed by atoms with Crippen LogP contribution in [0.2, 0.25) is 0 Å². The Kier molecular flexibility index (Phi) is 3.27. The highest BCUT2D eigenvalue weighted by molar-refractivity contribution is 6.15. The third-order valence-electron chi connectivity index (χ3n) is 4.37. The number of imide groups is 1. The van der Waals surface area contributed by atoms with Gasteiger partial charge in [0.15, 0.2) is 0 Å². The molecule has 0 radical (unpaired) electrons. The topological polar surface area (TPSA) is 74.7 Å². The minimum absolute atomic E-state index is 0.176. The predicted molar refractivity (Wildman–Crippen MR) is 76.0 cm³/mol. The van der Waals surface area contributed by atoms with Crippen LogP contribution in [0.15, 0.2) is 24.3 Å². The summed E-state index contributed by atoms with van der Waals surface area (Å²) in [5.74, 6) is -1.16. The lowest BCUT2D eigenvalue weighted by molar-refractivity contribution is -0.140. The number of nitrogens with zero attached hydrogens (tertiary/aromatic N) is 1. The SMILES string of the molecule is O=C1CCCCC(=O)N1c1ccc(C2(C(=O)O)CC2)cc1. The molecule has 1 N–H and O–H groups in total. The zero-order chi connectivity index (χ0) is 15.0. The normalized spacial score (nSPS) is 21.0. The summed E-state index contributed by atoms with van der Waals surface area (Å²) in [6, 6.07) is 6.81. The van der Waals surface area contributed by atoms with Crippen molar-refractivity contribution >= 4 is 23.5 Å². The van der Waals surface area contributed by atoms with E-state index in [0.29, 0.717) is 31.4 Å². The molecule has 0 unspecified atom stereocenters. The highest BCUT2D eigenvalue weighted by Crippen LogP contribution is 2.48. The second-order valence-corrected chi connectivity index (χ2v) is 5.76. The Morgan fingerprint density at radius 3 is 1.95 bits per heavy atom. The van der Waals surface area contributed by atoms with Gasteiger partial charge in [0.1, 0.15) is 0 Å². The molecule has 2 amide bonds. The molecule has 1 heterocycles. The number of carboxylic acid groups (broad SMARTS) is 1. The van der Waals surface area contributed by atoms with Gasteiger partial charge in [-0.15, -0.1) is 0 Å². The number of hydrogen-bond acceptors (Lipinski definition) is 3. The van der Waals surface area contributed by atoms with E-state index < -0.39 is 11.4 Å². The van der Waals surface area contributed by atoms with Crippen molar-refractivity contribution in [1.82, 2.24) is 0 Å². The highest BCUT2D eigenvalue weighted by atomic mass is 16.4. The molecule has 1 aromatic carbocycles. The van der Waals surface area contributed by atoms with Gasteiger partial charge in [-0.2, -0.15) is 0 Å². The van der Waals surface area contributed by atoms with Gasteiger partial charge >= 0.3 is 5.97 Å². The average molecular weight is 287 g/mol. The molecule has 1 aliphatic heterocycles. The van der Waals surface area contributed by atoms with Gasteiger partial charge in [0, 0.05) is 12.8 Å². The molecule has 2 fully saturated rings. The van der Waals surface area contributed by atoms with Crippen LogP contribution in [0.1, 0.15) is 44.1 Å². The van der Waals surface area contributed by atoms with E-state index in [1.54, 1.807) is 24.3 Å². The van der Waals surface area contributed by atoms with E-state index in [4.69, 9.17) is 0 Å². The lowest BCUT2D eigenvalue weighted by atomic mass is 9.96. The smallest absolute Gasteiger partial charge is 0.314 e. The first-order valence-corrected chi connectivity index (χ1v) is 7.24. The van der Waals surface area contributed by atoms with Crippen LogP contribution >= 0.6 is 0 Å². The number of rotatable bonds is 3. The van der Waals surface area contributed by atoms with Gasteiger partial charge in [-0.05, 0) is 43.4 Å². The van der Waals surface area contributed by atoms with Crippen LogP contribution in [0.4, 0.5) is 5.69 Å². The zero-order valence-corrected chi connectivity index (χ0v) is 11.7. The summed E-state index contributed by atoms with van der Waals surface area (Å²) in [6.07, 6.45) is 3.52. The van der Waals surface area contributed by atoms with Crippen molar-refractivity contribution in [2.24, 2.45) is 0 Å². The molecule has 1 aromatic rings.